The third-order valence-corrected chi connectivity index (χ3v) is 4.11. The van der Waals surface area contributed by atoms with Crippen LogP contribution in [0.25, 0.3) is 0 Å². The second-order valence-corrected chi connectivity index (χ2v) is 5.97. The van der Waals surface area contributed by atoms with Crippen LogP contribution in [-0.2, 0) is 4.74 Å². The Labute approximate surface area is 131 Å². The van der Waals surface area contributed by atoms with E-state index >= 15 is 0 Å². The number of aryl methyl sites for hydroxylation is 1. The highest BCUT2D eigenvalue weighted by Gasteiger charge is 2.12. The molecule has 2 atom stereocenters. The zero-order chi connectivity index (χ0) is 15.5. The summed E-state index contributed by atoms with van der Waals surface area (Å²) in [5.74, 6) is 0.713. The van der Waals surface area contributed by atoms with E-state index in [1.807, 2.05) is 0 Å². The topological polar surface area (TPSA) is 21.3 Å². The van der Waals surface area contributed by atoms with Crippen molar-refractivity contribution >= 4 is 0 Å². The molecule has 0 bridgehead atoms. The van der Waals surface area contributed by atoms with Gasteiger partial charge < -0.3 is 10.1 Å². The molecule has 0 aliphatic carbocycles. The van der Waals surface area contributed by atoms with Crippen LogP contribution in [0.5, 0.6) is 0 Å². The van der Waals surface area contributed by atoms with Crippen LogP contribution in [0.3, 0.4) is 0 Å². The minimum atomic E-state index is 0.305. The van der Waals surface area contributed by atoms with Gasteiger partial charge in [0.15, 0.2) is 0 Å². The van der Waals surface area contributed by atoms with E-state index in [-0.39, 0.29) is 0 Å². The largest absolute Gasteiger partial charge is 0.379 e. The smallest absolute Gasteiger partial charge is 0.0661 e. The number of ether oxygens (including phenoxy) is 1. The molecule has 0 aliphatic rings. The number of benzene rings is 1. The van der Waals surface area contributed by atoms with Crippen LogP contribution < -0.4 is 5.32 Å². The average molecular weight is 291 g/mol. The van der Waals surface area contributed by atoms with Crippen molar-refractivity contribution in [3.05, 3.63) is 35.4 Å². The Morgan fingerprint density at radius 2 is 1.76 bits per heavy atom. The van der Waals surface area contributed by atoms with Crippen molar-refractivity contribution in [1.82, 2.24) is 5.32 Å². The Balaban J connectivity index is 2.45. The number of likely N-dealkylation sites (N-methyl/N-ethyl adjacent to an activating group) is 1. The number of hydrogen-bond donors (Lipinski definition) is 1. The highest BCUT2D eigenvalue weighted by atomic mass is 16.5. The zero-order valence-corrected chi connectivity index (χ0v) is 14.3. The number of hydrogen-bond acceptors (Lipinski definition) is 2. The molecule has 1 N–H and O–H groups in total. The Morgan fingerprint density at radius 3 is 2.33 bits per heavy atom. The monoisotopic (exact) mass is 291 g/mol. The van der Waals surface area contributed by atoms with Crippen LogP contribution in [0.15, 0.2) is 24.3 Å². The highest BCUT2D eigenvalue weighted by Crippen LogP contribution is 2.17. The molecule has 0 spiro atoms. The van der Waals surface area contributed by atoms with Gasteiger partial charge in [-0.2, -0.15) is 0 Å². The van der Waals surface area contributed by atoms with E-state index in [0.29, 0.717) is 12.0 Å². The number of unbranched alkanes of at least 4 members (excludes halogenated alkanes) is 1. The Bertz CT molecular complexity index is 360. The van der Waals surface area contributed by atoms with Crippen LogP contribution in [-0.4, -0.2) is 19.8 Å². The van der Waals surface area contributed by atoms with Crippen molar-refractivity contribution < 1.29 is 4.74 Å². The van der Waals surface area contributed by atoms with E-state index in [2.05, 4.69) is 57.3 Å². The summed E-state index contributed by atoms with van der Waals surface area (Å²) in [5, 5.41) is 3.53. The van der Waals surface area contributed by atoms with Gasteiger partial charge >= 0.3 is 0 Å². The average Bonchev–Trinajstić information content (AvgIpc) is 2.50. The lowest BCUT2D eigenvalue weighted by Crippen LogP contribution is -2.26. The van der Waals surface area contributed by atoms with Gasteiger partial charge in [-0.05, 0) is 31.4 Å². The molecule has 2 heteroatoms. The van der Waals surface area contributed by atoms with Gasteiger partial charge in [0.05, 0.1) is 12.6 Å². The summed E-state index contributed by atoms with van der Waals surface area (Å²) in [4.78, 5) is 0. The lowest BCUT2D eigenvalue weighted by molar-refractivity contribution is 0.0769. The molecular weight excluding hydrogens is 258 g/mol. The summed E-state index contributed by atoms with van der Waals surface area (Å²) in [5.41, 5.74) is 2.63. The van der Waals surface area contributed by atoms with Gasteiger partial charge in [-0.3, -0.25) is 0 Å². The molecule has 0 amide bonds. The Morgan fingerprint density at radius 1 is 1.05 bits per heavy atom. The van der Waals surface area contributed by atoms with Crippen molar-refractivity contribution in [2.24, 2.45) is 5.92 Å². The van der Waals surface area contributed by atoms with Crippen molar-refractivity contribution in [3.63, 3.8) is 0 Å². The van der Waals surface area contributed by atoms with Gasteiger partial charge in [0, 0.05) is 6.61 Å². The van der Waals surface area contributed by atoms with Crippen molar-refractivity contribution in [3.8, 4) is 0 Å². The van der Waals surface area contributed by atoms with E-state index in [1.54, 1.807) is 0 Å². The minimum absolute atomic E-state index is 0.305. The molecule has 120 valence electrons. The van der Waals surface area contributed by atoms with E-state index in [9.17, 15) is 0 Å². The van der Waals surface area contributed by atoms with Crippen LogP contribution in [0.4, 0.5) is 0 Å². The van der Waals surface area contributed by atoms with Crippen molar-refractivity contribution in [2.75, 3.05) is 19.8 Å². The molecule has 0 heterocycles. The first-order valence-corrected chi connectivity index (χ1v) is 8.58. The molecule has 0 saturated heterocycles. The molecule has 0 fully saturated rings. The third-order valence-electron chi connectivity index (χ3n) is 4.11. The first-order valence-electron chi connectivity index (χ1n) is 8.58. The van der Waals surface area contributed by atoms with Crippen LogP contribution in [0.1, 0.15) is 63.6 Å². The lowest BCUT2D eigenvalue weighted by atomic mass is 10.0. The van der Waals surface area contributed by atoms with E-state index in [1.165, 1.54) is 36.8 Å². The summed E-state index contributed by atoms with van der Waals surface area (Å²) in [6.45, 7) is 11.4. The van der Waals surface area contributed by atoms with Gasteiger partial charge in [-0.15, -0.1) is 0 Å². The van der Waals surface area contributed by atoms with Crippen LogP contribution >= 0.6 is 0 Å². The van der Waals surface area contributed by atoms with Crippen molar-refractivity contribution in [2.45, 2.75) is 59.4 Å². The molecule has 0 aromatic heterocycles. The predicted octanol–water partition coefficient (Wildman–Crippen LogP) is 4.88. The molecule has 2 unspecified atom stereocenters. The van der Waals surface area contributed by atoms with Gasteiger partial charge in [-0.25, -0.2) is 0 Å². The third kappa shape index (κ3) is 7.10. The molecule has 0 aliphatic heterocycles. The van der Waals surface area contributed by atoms with E-state index in [4.69, 9.17) is 4.74 Å². The van der Waals surface area contributed by atoms with Gasteiger partial charge in [0.1, 0.15) is 0 Å². The fraction of sp³-hybridized carbons (Fsp3) is 0.684. The SMILES string of the molecule is CCCCC(CC)COCC(NCC)c1ccc(C)cc1. The van der Waals surface area contributed by atoms with E-state index < -0.39 is 0 Å². The van der Waals surface area contributed by atoms with Gasteiger partial charge in [0.2, 0.25) is 0 Å². The van der Waals surface area contributed by atoms with Crippen LogP contribution in [0, 0.1) is 12.8 Å². The lowest BCUT2D eigenvalue weighted by Gasteiger charge is -2.21. The molecule has 0 saturated carbocycles. The summed E-state index contributed by atoms with van der Waals surface area (Å²) in [7, 11) is 0. The number of nitrogens with one attached hydrogen (secondary N) is 1. The first-order chi connectivity index (χ1) is 10.2. The molecule has 1 aromatic rings. The summed E-state index contributed by atoms with van der Waals surface area (Å²) >= 11 is 0. The minimum Gasteiger partial charge on any atom is -0.379 e. The first kappa shape index (κ1) is 18.2. The summed E-state index contributed by atoms with van der Waals surface area (Å²) in [6.07, 6.45) is 5.11. The molecule has 0 radical (unpaired) electrons. The quantitative estimate of drug-likeness (QED) is 0.627. The van der Waals surface area contributed by atoms with Crippen molar-refractivity contribution in [1.29, 1.82) is 0 Å². The molecule has 1 aromatic carbocycles. The van der Waals surface area contributed by atoms with Crippen LogP contribution in [0.2, 0.25) is 0 Å². The number of rotatable bonds is 11. The maximum atomic E-state index is 6.02. The molecular formula is C19H33NO. The summed E-state index contributed by atoms with van der Waals surface area (Å²) < 4.78 is 6.02. The highest BCUT2D eigenvalue weighted by molar-refractivity contribution is 5.24. The Kier molecular flexibility index (Phi) is 9.36. The fourth-order valence-corrected chi connectivity index (χ4v) is 2.57. The maximum Gasteiger partial charge on any atom is 0.0661 e. The molecule has 1 rings (SSSR count). The maximum absolute atomic E-state index is 6.02. The Hall–Kier alpha value is -0.860. The predicted molar refractivity (Wildman–Crippen MR) is 91.7 cm³/mol. The van der Waals surface area contributed by atoms with Gasteiger partial charge in [-0.1, -0.05) is 69.9 Å². The van der Waals surface area contributed by atoms with E-state index in [0.717, 1.165) is 19.8 Å². The van der Waals surface area contributed by atoms with Gasteiger partial charge in [0.25, 0.3) is 0 Å². The standard InChI is InChI=1S/C19H33NO/c1-5-8-9-17(6-2)14-21-15-19(20-7-3)18-12-10-16(4)11-13-18/h10-13,17,19-20H,5-9,14-15H2,1-4H3. The zero-order valence-electron chi connectivity index (χ0n) is 14.3. The second-order valence-electron chi connectivity index (χ2n) is 5.97. The fourth-order valence-electron chi connectivity index (χ4n) is 2.57. The molecule has 2 nitrogen and oxygen atoms in total. The molecule has 21 heavy (non-hydrogen) atoms. The normalized spacial score (nSPS) is 14.1. The summed E-state index contributed by atoms with van der Waals surface area (Å²) in [6, 6.07) is 9.08. The second kappa shape index (κ2) is 10.8.